The fraction of sp³-hybridized carbons (Fsp3) is 0.440. The quantitative estimate of drug-likeness (QED) is 0.606. The van der Waals surface area contributed by atoms with E-state index in [1.165, 1.54) is 22.3 Å². The van der Waals surface area contributed by atoms with Crippen LogP contribution >= 0.6 is 11.8 Å². The normalized spacial score (nSPS) is 26.7. The second-order valence-electron chi connectivity index (χ2n) is 8.53. The molecule has 2 aromatic rings. The smallest absolute Gasteiger partial charge is 0.115 e. The molecule has 2 aliphatic rings. The molecule has 1 saturated carbocycles. The molecule has 2 aliphatic carbocycles. The molecule has 2 aromatic carbocycles. The van der Waals surface area contributed by atoms with Crippen LogP contribution in [0.1, 0.15) is 49.3 Å². The van der Waals surface area contributed by atoms with Crippen LogP contribution < -0.4 is 0 Å². The van der Waals surface area contributed by atoms with Crippen LogP contribution in [-0.4, -0.2) is 22.1 Å². The average molecular weight is 395 g/mol. The maximum absolute atomic E-state index is 10.4. The predicted octanol–water partition coefficient (Wildman–Crippen LogP) is 5.82. The Hall–Kier alpha value is -1.71. The average Bonchev–Trinajstić information content (AvgIpc) is 3.00. The SMILES string of the molecule is C[C@]12CCC(c3ccc(O)cc3CCSCc3ccccc3)=CC1CC[C@@H]2O. The molecule has 2 nitrogen and oxygen atoms in total. The van der Waals surface area contributed by atoms with Gasteiger partial charge in [-0.3, -0.25) is 0 Å². The predicted molar refractivity (Wildman–Crippen MR) is 118 cm³/mol. The summed E-state index contributed by atoms with van der Waals surface area (Å²) in [5, 5.41) is 20.4. The van der Waals surface area contributed by atoms with Gasteiger partial charge >= 0.3 is 0 Å². The molecule has 3 heteroatoms. The van der Waals surface area contributed by atoms with E-state index < -0.39 is 0 Å². The first-order valence-electron chi connectivity index (χ1n) is 10.4. The zero-order chi connectivity index (χ0) is 19.6. The van der Waals surface area contributed by atoms with Crippen LogP contribution in [0, 0.1) is 11.3 Å². The summed E-state index contributed by atoms with van der Waals surface area (Å²) >= 11 is 1.94. The molecule has 148 valence electrons. The summed E-state index contributed by atoms with van der Waals surface area (Å²) in [7, 11) is 0. The molecule has 4 rings (SSSR count). The minimum absolute atomic E-state index is 0.0477. The van der Waals surface area contributed by atoms with Crippen molar-refractivity contribution < 1.29 is 10.2 Å². The molecule has 2 N–H and O–H groups in total. The number of benzene rings is 2. The third kappa shape index (κ3) is 4.01. The van der Waals surface area contributed by atoms with Gasteiger partial charge in [-0.2, -0.15) is 11.8 Å². The van der Waals surface area contributed by atoms with Gasteiger partial charge in [0.1, 0.15) is 5.75 Å². The summed E-state index contributed by atoms with van der Waals surface area (Å²) in [6.45, 7) is 2.25. The first-order valence-corrected chi connectivity index (χ1v) is 11.5. The van der Waals surface area contributed by atoms with Crippen molar-refractivity contribution in [3.63, 3.8) is 0 Å². The van der Waals surface area contributed by atoms with Crippen molar-refractivity contribution in [3.05, 3.63) is 71.3 Å². The molecule has 1 fully saturated rings. The van der Waals surface area contributed by atoms with E-state index in [1.807, 2.05) is 23.9 Å². The van der Waals surface area contributed by atoms with Crippen LogP contribution in [0.25, 0.3) is 5.57 Å². The molecule has 0 aliphatic heterocycles. The Labute approximate surface area is 172 Å². The highest BCUT2D eigenvalue weighted by Crippen LogP contribution is 2.52. The third-order valence-electron chi connectivity index (χ3n) is 6.76. The number of allylic oxidation sites excluding steroid dienone is 2. The maximum Gasteiger partial charge on any atom is 0.115 e. The van der Waals surface area contributed by atoms with Crippen LogP contribution in [0.3, 0.4) is 0 Å². The summed E-state index contributed by atoms with van der Waals surface area (Å²) in [6.07, 6.45) is 7.29. The number of rotatable bonds is 6. The van der Waals surface area contributed by atoms with Crippen molar-refractivity contribution in [2.45, 2.75) is 50.9 Å². The summed E-state index contributed by atoms with van der Waals surface area (Å²) in [4.78, 5) is 0. The first kappa shape index (κ1) is 19.6. The molecular formula is C25H30O2S. The van der Waals surface area contributed by atoms with Crippen LogP contribution in [0.5, 0.6) is 5.75 Å². The van der Waals surface area contributed by atoms with E-state index >= 15 is 0 Å². The van der Waals surface area contributed by atoms with Crippen LogP contribution in [0.4, 0.5) is 0 Å². The molecule has 0 radical (unpaired) electrons. The molecule has 0 saturated heterocycles. The Bertz CT molecular complexity index is 845. The van der Waals surface area contributed by atoms with Gasteiger partial charge in [-0.15, -0.1) is 0 Å². The lowest BCUT2D eigenvalue weighted by Gasteiger charge is -2.37. The zero-order valence-electron chi connectivity index (χ0n) is 16.6. The van der Waals surface area contributed by atoms with Gasteiger partial charge in [0.2, 0.25) is 0 Å². The van der Waals surface area contributed by atoms with Crippen molar-refractivity contribution in [2.24, 2.45) is 11.3 Å². The van der Waals surface area contributed by atoms with Gasteiger partial charge in [0.25, 0.3) is 0 Å². The Morgan fingerprint density at radius 3 is 2.75 bits per heavy atom. The van der Waals surface area contributed by atoms with E-state index in [9.17, 15) is 10.2 Å². The largest absolute Gasteiger partial charge is 0.508 e. The van der Waals surface area contributed by atoms with Gasteiger partial charge < -0.3 is 10.2 Å². The van der Waals surface area contributed by atoms with E-state index in [1.54, 1.807) is 0 Å². The third-order valence-corrected chi connectivity index (χ3v) is 7.79. The lowest BCUT2D eigenvalue weighted by molar-refractivity contribution is 0.0419. The molecule has 28 heavy (non-hydrogen) atoms. The number of aliphatic hydroxyl groups excluding tert-OH is 1. The van der Waals surface area contributed by atoms with Crippen molar-refractivity contribution in [2.75, 3.05) is 5.75 Å². The molecule has 1 unspecified atom stereocenters. The van der Waals surface area contributed by atoms with Gasteiger partial charge in [0.05, 0.1) is 6.10 Å². The van der Waals surface area contributed by atoms with Crippen molar-refractivity contribution >= 4 is 17.3 Å². The topological polar surface area (TPSA) is 40.5 Å². The highest BCUT2D eigenvalue weighted by molar-refractivity contribution is 7.98. The molecule has 0 bridgehead atoms. The number of hydrogen-bond donors (Lipinski definition) is 2. The number of phenols is 1. The molecule has 0 amide bonds. The first-order chi connectivity index (χ1) is 13.6. The van der Waals surface area contributed by atoms with Gasteiger partial charge in [-0.25, -0.2) is 0 Å². The maximum atomic E-state index is 10.4. The lowest BCUT2D eigenvalue weighted by Crippen LogP contribution is -2.33. The van der Waals surface area contributed by atoms with Crippen molar-refractivity contribution in [3.8, 4) is 5.75 Å². The van der Waals surface area contributed by atoms with E-state index in [4.69, 9.17) is 0 Å². The van der Waals surface area contributed by atoms with E-state index in [0.29, 0.717) is 11.7 Å². The second kappa shape index (κ2) is 8.34. The van der Waals surface area contributed by atoms with E-state index in [2.05, 4.69) is 49.4 Å². The van der Waals surface area contributed by atoms with E-state index in [0.717, 1.165) is 43.6 Å². The standard InChI is InChI=1S/C25H30O2S/c1-25-13-11-19(15-21(25)7-10-24(25)27)23-9-8-22(26)16-20(23)12-14-28-17-18-5-3-2-4-6-18/h2-6,8-9,15-16,21,24,26-27H,7,10-14,17H2,1H3/t21?,24-,25-/m0/s1. The van der Waals surface area contributed by atoms with Crippen LogP contribution in [-0.2, 0) is 12.2 Å². The molecule has 0 spiro atoms. The van der Waals surface area contributed by atoms with Gasteiger partial charge in [-0.05, 0) is 78.2 Å². The van der Waals surface area contributed by atoms with Crippen LogP contribution in [0.15, 0.2) is 54.6 Å². The van der Waals surface area contributed by atoms with E-state index in [-0.39, 0.29) is 11.5 Å². The van der Waals surface area contributed by atoms with Crippen molar-refractivity contribution in [1.82, 2.24) is 0 Å². The zero-order valence-corrected chi connectivity index (χ0v) is 17.4. The molecule has 3 atom stereocenters. The Morgan fingerprint density at radius 2 is 1.93 bits per heavy atom. The summed E-state index contributed by atoms with van der Waals surface area (Å²) < 4.78 is 0. The molecular weight excluding hydrogens is 364 g/mol. The number of aliphatic hydroxyl groups is 1. The van der Waals surface area contributed by atoms with Gasteiger partial charge in [-0.1, -0.05) is 49.4 Å². The minimum Gasteiger partial charge on any atom is -0.508 e. The van der Waals surface area contributed by atoms with Gasteiger partial charge in [0.15, 0.2) is 0 Å². The number of hydrogen-bond acceptors (Lipinski definition) is 3. The highest BCUT2D eigenvalue weighted by atomic mass is 32.2. The Kier molecular flexibility index (Phi) is 5.84. The summed E-state index contributed by atoms with van der Waals surface area (Å²) in [6, 6.07) is 16.4. The Balaban J connectivity index is 1.46. The number of thioether (sulfide) groups is 1. The monoisotopic (exact) mass is 394 g/mol. The lowest BCUT2D eigenvalue weighted by atomic mass is 9.68. The van der Waals surface area contributed by atoms with Gasteiger partial charge in [0, 0.05) is 11.2 Å². The molecule has 0 heterocycles. The molecule has 0 aromatic heterocycles. The fourth-order valence-corrected chi connectivity index (χ4v) is 5.81. The Morgan fingerprint density at radius 1 is 1.11 bits per heavy atom. The number of aromatic hydroxyl groups is 1. The van der Waals surface area contributed by atoms with Crippen molar-refractivity contribution in [1.29, 1.82) is 0 Å². The number of aryl methyl sites for hydroxylation is 1. The number of fused-ring (bicyclic) bond motifs is 1. The minimum atomic E-state index is -0.163. The summed E-state index contributed by atoms with van der Waals surface area (Å²) in [5.74, 6) is 2.89. The second-order valence-corrected chi connectivity index (χ2v) is 9.63. The van der Waals surface area contributed by atoms with Crippen LogP contribution in [0.2, 0.25) is 0 Å². The fourth-order valence-electron chi connectivity index (χ4n) is 4.87. The summed E-state index contributed by atoms with van der Waals surface area (Å²) in [5.41, 5.74) is 5.35. The number of phenolic OH excluding ortho intramolecular Hbond substituents is 1. The highest BCUT2D eigenvalue weighted by Gasteiger charge is 2.46.